The van der Waals surface area contributed by atoms with Crippen molar-refractivity contribution in [2.24, 2.45) is 0 Å². The van der Waals surface area contributed by atoms with E-state index in [2.05, 4.69) is 9.97 Å². The van der Waals surface area contributed by atoms with Crippen LogP contribution in [0, 0.1) is 6.92 Å². The normalized spacial score (nSPS) is 11.2. The Hall–Kier alpha value is -1.91. The van der Waals surface area contributed by atoms with Gasteiger partial charge in [0.05, 0.1) is 5.56 Å². The van der Waals surface area contributed by atoms with Gasteiger partial charge in [0.2, 0.25) is 0 Å². The quantitative estimate of drug-likeness (QED) is 0.839. The Bertz CT molecular complexity index is 558. The number of carbonyl (C=O) groups is 1. The lowest BCUT2D eigenvalue weighted by atomic mass is 10.3. The van der Waals surface area contributed by atoms with E-state index in [0.29, 0.717) is 5.52 Å². The molecular formula is C11H13N3O2. The van der Waals surface area contributed by atoms with E-state index in [4.69, 9.17) is 5.11 Å². The average Bonchev–Trinajstić information content (AvgIpc) is 2.51. The number of aromatic carboxylic acids is 1. The second-order valence-electron chi connectivity index (χ2n) is 3.99. The van der Waals surface area contributed by atoms with Crippen molar-refractivity contribution in [3.05, 3.63) is 23.7 Å². The first-order valence-corrected chi connectivity index (χ1v) is 5.08. The van der Waals surface area contributed by atoms with Crippen LogP contribution in [0.4, 0.5) is 0 Å². The lowest BCUT2D eigenvalue weighted by molar-refractivity contribution is 0.0696. The number of carboxylic acid groups (broad SMARTS) is 1. The molecule has 0 spiro atoms. The van der Waals surface area contributed by atoms with Gasteiger partial charge >= 0.3 is 5.97 Å². The van der Waals surface area contributed by atoms with Gasteiger partial charge in [-0.1, -0.05) is 0 Å². The lowest BCUT2D eigenvalue weighted by Gasteiger charge is -2.09. The molecule has 0 saturated heterocycles. The topological polar surface area (TPSA) is 68.0 Å². The number of fused-ring (bicyclic) bond motifs is 1. The van der Waals surface area contributed by atoms with Gasteiger partial charge in [-0.3, -0.25) is 0 Å². The summed E-state index contributed by atoms with van der Waals surface area (Å²) in [6, 6.07) is 1.81. The zero-order chi connectivity index (χ0) is 11.9. The predicted molar refractivity (Wildman–Crippen MR) is 59.6 cm³/mol. The fourth-order valence-corrected chi connectivity index (χ4v) is 1.83. The molecule has 5 heteroatoms. The molecular weight excluding hydrogens is 206 g/mol. The molecule has 0 aliphatic carbocycles. The molecule has 0 unspecified atom stereocenters. The molecule has 0 aliphatic heterocycles. The zero-order valence-electron chi connectivity index (χ0n) is 9.43. The minimum absolute atomic E-state index is 0.168. The highest BCUT2D eigenvalue weighted by atomic mass is 16.4. The third-order valence-electron chi connectivity index (χ3n) is 2.47. The van der Waals surface area contributed by atoms with Gasteiger partial charge in [0.25, 0.3) is 0 Å². The van der Waals surface area contributed by atoms with Gasteiger partial charge in [-0.15, -0.1) is 0 Å². The number of nitrogens with zero attached hydrogens (tertiary/aromatic N) is 3. The van der Waals surface area contributed by atoms with E-state index in [1.54, 1.807) is 6.07 Å². The Morgan fingerprint density at radius 1 is 1.50 bits per heavy atom. The van der Waals surface area contributed by atoms with Crippen LogP contribution in [0.5, 0.6) is 0 Å². The van der Waals surface area contributed by atoms with Crippen LogP contribution in [-0.4, -0.2) is 25.6 Å². The molecule has 2 aromatic heterocycles. The standard InChI is InChI=1S/C11H13N3O2/c1-6(2)14-7(3)13-9-4-8(11(15)16)5-12-10(9)14/h4-6H,1-3H3,(H,15,16). The van der Waals surface area contributed by atoms with Crippen LogP contribution in [0.2, 0.25) is 0 Å². The van der Waals surface area contributed by atoms with Crippen LogP contribution in [0.25, 0.3) is 11.2 Å². The molecule has 0 radical (unpaired) electrons. The molecule has 2 heterocycles. The number of rotatable bonds is 2. The van der Waals surface area contributed by atoms with Crippen LogP contribution in [-0.2, 0) is 0 Å². The number of aromatic nitrogens is 3. The first kappa shape index (κ1) is 10.6. The second kappa shape index (κ2) is 3.59. The minimum Gasteiger partial charge on any atom is -0.478 e. The minimum atomic E-state index is -0.980. The predicted octanol–water partition coefficient (Wildman–Crippen LogP) is 2.02. The third-order valence-corrected chi connectivity index (χ3v) is 2.47. The van der Waals surface area contributed by atoms with Crippen LogP contribution in [0.3, 0.4) is 0 Å². The second-order valence-corrected chi connectivity index (χ2v) is 3.99. The average molecular weight is 219 g/mol. The summed E-state index contributed by atoms with van der Waals surface area (Å²) in [6.07, 6.45) is 1.37. The van der Waals surface area contributed by atoms with Gasteiger partial charge in [0.15, 0.2) is 5.65 Å². The first-order valence-electron chi connectivity index (χ1n) is 5.08. The van der Waals surface area contributed by atoms with E-state index in [0.717, 1.165) is 11.5 Å². The monoisotopic (exact) mass is 219 g/mol. The fraction of sp³-hybridized carbons (Fsp3) is 0.364. The summed E-state index contributed by atoms with van der Waals surface area (Å²) in [7, 11) is 0. The van der Waals surface area contributed by atoms with Gasteiger partial charge in [-0.2, -0.15) is 0 Å². The number of aryl methyl sites for hydroxylation is 1. The molecule has 2 aromatic rings. The summed E-state index contributed by atoms with van der Waals surface area (Å²) in [4.78, 5) is 19.3. The molecule has 1 N–H and O–H groups in total. The SMILES string of the molecule is Cc1nc2cc(C(=O)O)cnc2n1C(C)C. The summed E-state index contributed by atoms with van der Waals surface area (Å²) < 4.78 is 1.99. The van der Waals surface area contributed by atoms with Crippen molar-refractivity contribution in [1.29, 1.82) is 0 Å². The van der Waals surface area contributed by atoms with E-state index >= 15 is 0 Å². The molecule has 0 fully saturated rings. The van der Waals surface area contributed by atoms with E-state index < -0.39 is 5.97 Å². The van der Waals surface area contributed by atoms with Crippen molar-refractivity contribution >= 4 is 17.1 Å². The summed E-state index contributed by atoms with van der Waals surface area (Å²) in [5.41, 5.74) is 1.53. The highest BCUT2D eigenvalue weighted by Crippen LogP contribution is 2.19. The molecule has 84 valence electrons. The van der Waals surface area contributed by atoms with E-state index in [1.807, 2.05) is 25.3 Å². The zero-order valence-corrected chi connectivity index (χ0v) is 9.43. The third kappa shape index (κ3) is 1.54. The Labute approximate surface area is 92.8 Å². The number of carboxylic acids is 1. The maximum atomic E-state index is 10.8. The Morgan fingerprint density at radius 3 is 2.75 bits per heavy atom. The van der Waals surface area contributed by atoms with Gasteiger partial charge in [-0.25, -0.2) is 14.8 Å². The Kier molecular flexibility index (Phi) is 2.38. The van der Waals surface area contributed by atoms with Crippen molar-refractivity contribution in [1.82, 2.24) is 14.5 Å². The molecule has 16 heavy (non-hydrogen) atoms. The van der Waals surface area contributed by atoms with Gasteiger partial charge in [0.1, 0.15) is 11.3 Å². The number of pyridine rings is 1. The van der Waals surface area contributed by atoms with Crippen molar-refractivity contribution in [2.45, 2.75) is 26.8 Å². The molecule has 0 saturated carbocycles. The van der Waals surface area contributed by atoms with E-state index in [9.17, 15) is 4.79 Å². The summed E-state index contributed by atoms with van der Waals surface area (Å²) in [6.45, 7) is 5.98. The fourth-order valence-electron chi connectivity index (χ4n) is 1.83. The number of imidazole rings is 1. The maximum Gasteiger partial charge on any atom is 0.337 e. The van der Waals surface area contributed by atoms with Crippen LogP contribution >= 0.6 is 0 Å². The van der Waals surface area contributed by atoms with E-state index in [-0.39, 0.29) is 11.6 Å². The Balaban J connectivity index is 2.70. The van der Waals surface area contributed by atoms with Crippen molar-refractivity contribution < 1.29 is 9.90 Å². The molecule has 0 atom stereocenters. The van der Waals surface area contributed by atoms with Crippen LogP contribution in [0.1, 0.15) is 36.1 Å². The van der Waals surface area contributed by atoms with Gasteiger partial charge < -0.3 is 9.67 Å². The molecule has 0 bridgehead atoms. The maximum absolute atomic E-state index is 10.8. The molecule has 0 amide bonds. The van der Waals surface area contributed by atoms with E-state index in [1.165, 1.54) is 6.20 Å². The molecule has 2 rings (SSSR count). The molecule has 0 aliphatic rings. The summed E-state index contributed by atoms with van der Waals surface area (Å²) >= 11 is 0. The van der Waals surface area contributed by atoms with Gasteiger partial charge in [-0.05, 0) is 26.8 Å². The first-order chi connectivity index (χ1) is 7.50. The van der Waals surface area contributed by atoms with Crippen LogP contribution < -0.4 is 0 Å². The summed E-state index contributed by atoms with van der Waals surface area (Å²) in [5.74, 6) is -0.133. The highest BCUT2D eigenvalue weighted by Gasteiger charge is 2.13. The highest BCUT2D eigenvalue weighted by molar-refractivity contribution is 5.90. The van der Waals surface area contributed by atoms with Crippen molar-refractivity contribution in [3.63, 3.8) is 0 Å². The van der Waals surface area contributed by atoms with Crippen molar-refractivity contribution in [3.8, 4) is 0 Å². The largest absolute Gasteiger partial charge is 0.478 e. The molecule has 0 aromatic carbocycles. The van der Waals surface area contributed by atoms with Crippen LogP contribution in [0.15, 0.2) is 12.3 Å². The number of hydrogen-bond acceptors (Lipinski definition) is 3. The number of hydrogen-bond donors (Lipinski definition) is 1. The van der Waals surface area contributed by atoms with Crippen molar-refractivity contribution in [2.75, 3.05) is 0 Å². The van der Waals surface area contributed by atoms with Gasteiger partial charge in [0, 0.05) is 12.2 Å². The summed E-state index contributed by atoms with van der Waals surface area (Å²) in [5, 5.41) is 8.85. The smallest absolute Gasteiger partial charge is 0.337 e. The Morgan fingerprint density at radius 2 is 2.19 bits per heavy atom. The molecule has 5 nitrogen and oxygen atoms in total. The lowest BCUT2D eigenvalue weighted by Crippen LogP contribution is -2.04.